The lowest BCUT2D eigenvalue weighted by Gasteiger charge is -2.14. The molecule has 0 fully saturated rings. The van der Waals surface area contributed by atoms with Crippen molar-refractivity contribution < 1.29 is 14.3 Å². The highest BCUT2D eigenvalue weighted by Crippen LogP contribution is 2.25. The first-order valence-corrected chi connectivity index (χ1v) is 8.80. The molecule has 138 valence electrons. The number of methoxy groups -OCH3 is 2. The average Bonchev–Trinajstić information content (AvgIpc) is 2.71. The maximum absolute atomic E-state index is 12.3. The summed E-state index contributed by atoms with van der Waals surface area (Å²) < 4.78 is 10.5. The molecule has 27 heavy (non-hydrogen) atoms. The van der Waals surface area contributed by atoms with Crippen LogP contribution in [0.15, 0.2) is 66.7 Å². The van der Waals surface area contributed by atoms with Crippen molar-refractivity contribution in [3.05, 3.63) is 77.9 Å². The number of nitrogens with one attached hydrogen (secondary N) is 1. The largest absolute Gasteiger partial charge is 0.497 e. The van der Waals surface area contributed by atoms with E-state index in [4.69, 9.17) is 9.47 Å². The van der Waals surface area contributed by atoms with E-state index in [0.29, 0.717) is 11.5 Å². The minimum Gasteiger partial charge on any atom is -0.497 e. The molecule has 0 spiro atoms. The van der Waals surface area contributed by atoms with Crippen LogP contribution in [-0.4, -0.2) is 20.1 Å². The van der Waals surface area contributed by atoms with E-state index in [1.807, 2.05) is 37.3 Å². The van der Waals surface area contributed by atoms with Gasteiger partial charge in [-0.05, 0) is 47.5 Å². The van der Waals surface area contributed by atoms with E-state index in [0.717, 1.165) is 16.5 Å². The average molecular weight is 361 g/mol. The van der Waals surface area contributed by atoms with Crippen molar-refractivity contribution >= 4 is 22.8 Å². The molecular formula is C23H23NO3. The van der Waals surface area contributed by atoms with Crippen molar-refractivity contribution in [2.24, 2.45) is 0 Å². The lowest BCUT2D eigenvalue weighted by molar-refractivity contribution is -0.117. The standard InChI is InChI=1S/C23H23NO3/c1-16(19-9-8-17-6-4-5-7-20(17)14-19)24-23(25)13-11-18-10-12-21(26-2)15-22(18)27-3/h4-16H,1-3H3,(H,24,25)/b13-11+/t16-/m0/s1. The molecule has 1 atom stereocenters. The molecule has 0 aliphatic carbocycles. The van der Waals surface area contributed by atoms with Crippen LogP contribution in [0.3, 0.4) is 0 Å². The Morgan fingerprint density at radius 3 is 2.48 bits per heavy atom. The van der Waals surface area contributed by atoms with E-state index in [2.05, 4.69) is 29.6 Å². The normalized spacial score (nSPS) is 12.1. The first kappa shape index (κ1) is 18.5. The Morgan fingerprint density at radius 1 is 0.963 bits per heavy atom. The highest BCUT2D eigenvalue weighted by molar-refractivity contribution is 5.92. The second-order valence-electron chi connectivity index (χ2n) is 6.28. The van der Waals surface area contributed by atoms with Crippen LogP contribution in [0.25, 0.3) is 16.8 Å². The van der Waals surface area contributed by atoms with Crippen LogP contribution < -0.4 is 14.8 Å². The Labute approximate surface area is 159 Å². The van der Waals surface area contributed by atoms with E-state index in [9.17, 15) is 4.79 Å². The third-order valence-corrected chi connectivity index (χ3v) is 4.49. The molecule has 1 amide bonds. The van der Waals surface area contributed by atoms with Gasteiger partial charge in [-0.15, -0.1) is 0 Å². The number of hydrogen-bond donors (Lipinski definition) is 1. The zero-order chi connectivity index (χ0) is 19.2. The van der Waals surface area contributed by atoms with Gasteiger partial charge in [0.2, 0.25) is 5.91 Å². The molecule has 3 aromatic carbocycles. The smallest absolute Gasteiger partial charge is 0.244 e. The molecule has 0 heterocycles. The molecule has 0 aliphatic heterocycles. The summed E-state index contributed by atoms with van der Waals surface area (Å²) in [7, 11) is 3.19. The van der Waals surface area contributed by atoms with Crippen molar-refractivity contribution in [2.75, 3.05) is 14.2 Å². The predicted molar refractivity (Wildman–Crippen MR) is 109 cm³/mol. The molecule has 0 saturated heterocycles. The van der Waals surface area contributed by atoms with E-state index in [-0.39, 0.29) is 11.9 Å². The van der Waals surface area contributed by atoms with Gasteiger partial charge in [0.1, 0.15) is 11.5 Å². The molecule has 0 unspecified atom stereocenters. The van der Waals surface area contributed by atoms with E-state index in [1.54, 1.807) is 26.4 Å². The second-order valence-corrected chi connectivity index (χ2v) is 6.28. The molecule has 4 nitrogen and oxygen atoms in total. The summed E-state index contributed by atoms with van der Waals surface area (Å²) >= 11 is 0. The third-order valence-electron chi connectivity index (χ3n) is 4.49. The number of carbonyl (C=O) groups excluding carboxylic acids is 1. The molecule has 0 bridgehead atoms. The lowest BCUT2D eigenvalue weighted by Crippen LogP contribution is -2.24. The fraction of sp³-hybridized carbons (Fsp3) is 0.174. The van der Waals surface area contributed by atoms with Crippen molar-refractivity contribution in [3.63, 3.8) is 0 Å². The molecule has 0 saturated carbocycles. The minimum absolute atomic E-state index is 0.0930. The number of fused-ring (bicyclic) bond motifs is 1. The Kier molecular flexibility index (Phi) is 5.77. The summed E-state index contributed by atoms with van der Waals surface area (Å²) in [5.41, 5.74) is 1.88. The Balaban J connectivity index is 1.70. The highest BCUT2D eigenvalue weighted by Gasteiger charge is 2.09. The molecular weight excluding hydrogens is 338 g/mol. The van der Waals surface area contributed by atoms with Gasteiger partial charge in [0.05, 0.1) is 20.3 Å². The molecule has 0 aromatic heterocycles. The van der Waals surface area contributed by atoms with Gasteiger partial charge >= 0.3 is 0 Å². The number of ether oxygens (including phenoxy) is 2. The summed E-state index contributed by atoms with van der Waals surface area (Å²) in [6.07, 6.45) is 3.25. The van der Waals surface area contributed by atoms with Gasteiger partial charge in [0.15, 0.2) is 0 Å². The zero-order valence-electron chi connectivity index (χ0n) is 15.7. The Morgan fingerprint density at radius 2 is 1.74 bits per heavy atom. The van der Waals surface area contributed by atoms with Crippen LogP contribution in [0, 0.1) is 0 Å². The van der Waals surface area contributed by atoms with Crippen molar-refractivity contribution in [3.8, 4) is 11.5 Å². The second kappa shape index (κ2) is 8.41. The third kappa shape index (κ3) is 4.47. The summed E-state index contributed by atoms with van der Waals surface area (Å²) in [6, 6.07) is 19.8. The maximum atomic E-state index is 12.3. The Hall–Kier alpha value is -3.27. The molecule has 3 aromatic rings. The van der Waals surface area contributed by atoms with Gasteiger partial charge < -0.3 is 14.8 Å². The minimum atomic E-state index is -0.159. The summed E-state index contributed by atoms with van der Waals surface area (Å²) in [6.45, 7) is 1.98. The number of amides is 1. The first-order valence-electron chi connectivity index (χ1n) is 8.80. The van der Waals surface area contributed by atoms with Gasteiger partial charge in [0, 0.05) is 17.7 Å². The van der Waals surface area contributed by atoms with Crippen LogP contribution in [0.2, 0.25) is 0 Å². The number of benzene rings is 3. The van der Waals surface area contributed by atoms with Crippen LogP contribution in [-0.2, 0) is 4.79 Å². The van der Waals surface area contributed by atoms with Gasteiger partial charge in [-0.3, -0.25) is 4.79 Å². The summed E-state index contributed by atoms with van der Waals surface area (Å²) in [4.78, 5) is 12.3. The van der Waals surface area contributed by atoms with Gasteiger partial charge in [-0.1, -0.05) is 36.4 Å². The fourth-order valence-electron chi connectivity index (χ4n) is 2.94. The predicted octanol–water partition coefficient (Wildman–Crippen LogP) is 4.75. The van der Waals surface area contributed by atoms with Gasteiger partial charge in [0.25, 0.3) is 0 Å². The van der Waals surface area contributed by atoms with Crippen molar-refractivity contribution in [1.82, 2.24) is 5.32 Å². The highest BCUT2D eigenvalue weighted by atomic mass is 16.5. The monoisotopic (exact) mass is 361 g/mol. The fourth-order valence-corrected chi connectivity index (χ4v) is 2.94. The Bertz CT molecular complexity index is 978. The molecule has 3 rings (SSSR count). The topological polar surface area (TPSA) is 47.6 Å². The van der Waals surface area contributed by atoms with Crippen LogP contribution in [0.4, 0.5) is 0 Å². The SMILES string of the molecule is COc1ccc(/C=C/C(=O)N[C@@H](C)c2ccc3ccccc3c2)c(OC)c1. The first-order chi connectivity index (χ1) is 13.1. The molecule has 4 heteroatoms. The van der Waals surface area contributed by atoms with Crippen molar-refractivity contribution in [2.45, 2.75) is 13.0 Å². The summed E-state index contributed by atoms with van der Waals surface area (Å²) in [5, 5.41) is 5.35. The number of hydrogen-bond acceptors (Lipinski definition) is 3. The van der Waals surface area contributed by atoms with Gasteiger partial charge in [-0.2, -0.15) is 0 Å². The number of rotatable bonds is 6. The van der Waals surface area contributed by atoms with E-state index < -0.39 is 0 Å². The van der Waals surface area contributed by atoms with Crippen LogP contribution in [0.5, 0.6) is 11.5 Å². The molecule has 1 N–H and O–H groups in total. The number of carbonyl (C=O) groups is 1. The van der Waals surface area contributed by atoms with E-state index in [1.165, 1.54) is 11.5 Å². The van der Waals surface area contributed by atoms with Crippen molar-refractivity contribution in [1.29, 1.82) is 0 Å². The van der Waals surface area contributed by atoms with Crippen LogP contribution in [0.1, 0.15) is 24.1 Å². The maximum Gasteiger partial charge on any atom is 0.244 e. The van der Waals surface area contributed by atoms with Gasteiger partial charge in [-0.25, -0.2) is 0 Å². The molecule has 0 aliphatic rings. The quantitative estimate of drug-likeness (QED) is 0.645. The van der Waals surface area contributed by atoms with Crippen LogP contribution >= 0.6 is 0 Å². The zero-order valence-corrected chi connectivity index (χ0v) is 15.7. The summed E-state index contributed by atoms with van der Waals surface area (Å²) in [5.74, 6) is 1.20. The molecule has 0 radical (unpaired) electrons. The lowest BCUT2D eigenvalue weighted by atomic mass is 10.0. The van der Waals surface area contributed by atoms with E-state index >= 15 is 0 Å².